The van der Waals surface area contributed by atoms with Crippen LogP contribution in [0.4, 0.5) is 0 Å². The van der Waals surface area contributed by atoms with Gasteiger partial charge in [0, 0.05) is 12.6 Å². The number of amides is 1. The van der Waals surface area contributed by atoms with Crippen LogP contribution in [0, 0.1) is 5.41 Å². The number of aliphatic hydroxyl groups is 1. The zero-order valence-electron chi connectivity index (χ0n) is 11.1. The molecule has 0 heterocycles. The number of aliphatic hydroxyl groups excluding tert-OH is 1. The molecule has 2 atom stereocenters. The van der Waals surface area contributed by atoms with Crippen molar-refractivity contribution in [2.24, 2.45) is 11.1 Å². The lowest BCUT2D eigenvalue weighted by Crippen LogP contribution is -2.56. The first kappa shape index (κ1) is 15.4. The Kier molecular flexibility index (Phi) is 5.42. The molecule has 96 valence electrons. The van der Waals surface area contributed by atoms with Crippen molar-refractivity contribution < 1.29 is 9.90 Å². The van der Waals surface area contributed by atoms with Gasteiger partial charge in [0.15, 0.2) is 0 Å². The van der Waals surface area contributed by atoms with Gasteiger partial charge in [0.05, 0.1) is 5.54 Å². The summed E-state index contributed by atoms with van der Waals surface area (Å²) in [5.41, 5.74) is 4.96. The lowest BCUT2D eigenvalue weighted by Gasteiger charge is -2.34. The van der Waals surface area contributed by atoms with E-state index in [-0.39, 0.29) is 24.0 Å². The minimum Gasteiger partial charge on any atom is -0.396 e. The summed E-state index contributed by atoms with van der Waals surface area (Å²) in [4.78, 5) is 11.9. The largest absolute Gasteiger partial charge is 0.396 e. The molecule has 0 rings (SSSR count). The standard InChI is InChI=1S/C12H26N2O2/c1-6-12(5,13)10(16)14-9(7-8-15)11(2,3)4/h9,15H,6-8,13H2,1-5H3,(H,14,16). The third-order valence-electron chi connectivity index (χ3n) is 3.02. The summed E-state index contributed by atoms with van der Waals surface area (Å²) < 4.78 is 0. The van der Waals surface area contributed by atoms with Gasteiger partial charge in [-0.15, -0.1) is 0 Å². The quantitative estimate of drug-likeness (QED) is 0.660. The Morgan fingerprint density at radius 3 is 2.19 bits per heavy atom. The topological polar surface area (TPSA) is 75.4 Å². The van der Waals surface area contributed by atoms with Crippen molar-refractivity contribution in [2.45, 2.75) is 59.0 Å². The van der Waals surface area contributed by atoms with E-state index in [9.17, 15) is 4.79 Å². The lowest BCUT2D eigenvalue weighted by atomic mass is 9.84. The number of hydrogen-bond donors (Lipinski definition) is 3. The van der Waals surface area contributed by atoms with E-state index in [1.165, 1.54) is 0 Å². The molecule has 0 fully saturated rings. The zero-order valence-corrected chi connectivity index (χ0v) is 11.1. The van der Waals surface area contributed by atoms with Crippen molar-refractivity contribution in [1.82, 2.24) is 5.32 Å². The van der Waals surface area contributed by atoms with Gasteiger partial charge in [0.1, 0.15) is 0 Å². The molecule has 4 nitrogen and oxygen atoms in total. The van der Waals surface area contributed by atoms with Crippen LogP contribution in [0.25, 0.3) is 0 Å². The maximum absolute atomic E-state index is 11.9. The predicted molar refractivity (Wildman–Crippen MR) is 66.0 cm³/mol. The lowest BCUT2D eigenvalue weighted by molar-refractivity contribution is -0.127. The highest BCUT2D eigenvalue weighted by Gasteiger charge is 2.32. The Morgan fingerprint density at radius 1 is 1.38 bits per heavy atom. The molecule has 1 amide bonds. The molecule has 0 bridgehead atoms. The predicted octanol–water partition coefficient (Wildman–Crippen LogP) is 1.03. The zero-order chi connectivity index (χ0) is 13.0. The minimum absolute atomic E-state index is 0.0561. The van der Waals surface area contributed by atoms with Crippen LogP contribution < -0.4 is 11.1 Å². The third-order valence-corrected chi connectivity index (χ3v) is 3.02. The Balaban J connectivity index is 4.59. The second-order valence-electron chi connectivity index (χ2n) is 5.68. The number of rotatable bonds is 5. The van der Waals surface area contributed by atoms with E-state index < -0.39 is 5.54 Å². The van der Waals surface area contributed by atoms with E-state index in [0.717, 1.165) is 0 Å². The van der Waals surface area contributed by atoms with Crippen molar-refractivity contribution >= 4 is 5.91 Å². The van der Waals surface area contributed by atoms with E-state index in [1.54, 1.807) is 6.92 Å². The van der Waals surface area contributed by atoms with Gasteiger partial charge in [0.25, 0.3) is 0 Å². The Morgan fingerprint density at radius 2 is 1.88 bits per heavy atom. The number of carbonyl (C=O) groups is 1. The third kappa shape index (κ3) is 4.49. The molecule has 0 aliphatic carbocycles. The fourth-order valence-corrected chi connectivity index (χ4v) is 1.33. The fourth-order valence-electron chi connectivity index (χ4n) is 1.33. The summed E-state index contributed by atoms with van der Waals surface area (Å²) in [5, 5.41) is 11.9. The normalized spacial score (nSPS) is 17.7. The van der Waals surface area contributed by atoms with Gasteiger partial charge in [-0.25, -0.2) is 0 Å². The molecule has 0 saturated carbocycles. The van der Waals surface area contributed by atoms with Gasteiger partial charge in [0.2, 0.25) is 5.91 Å². The molecular formula is C12H26N2O2. The van der Waals surface area contributed by atoms with Crippen LogP contribution in [-0.4, -0.2) is 29.2 Å². The average molecular weight is 230 g/mol. The van der Waals surface area contributed by atoms with Crippen molar-refractivity contribution in [2.75, 3.05) is 6.61 Å². The summed E-state index contributed by atoms with van der Waals surface area (Å²) in [6, 6.07) is -0.0561. The van der Waals surface area contributed by atoms with Gasteiger partial charge < -0.3 is 16.2 Å². The van der Waals surface area contributed by atoms with Crippen LogP contribution in [0.15, 0.2) is 0 Å². The van der Waals surface area contributed by atoms with Crippen molar-refractivity contribution in [3.05, 3.63) is 0 Å². The second kappa shape index (κ2) is 5.64. The maximum Gasteiger partial charge on any atom is 0.240 e. The average Bonchev–Trinajstić information content (AvgIpc) is 2.15. The van der Waals surface area contributed by atoms with Crippen LogP contribution >= 0.6 is 0 Å². The molecule has 0 aromatic rings. The fraction of sp³-hybridized carbons (Fsp3) is 0.917. The Bertz CT molecular complexity index is 232. The molecule has 0 radical (unpaired) electrons. The first-order valence-electron chi connectivity index (χ1n) is 5.86. The minimum atomic E-state index is -0.834. The van der Waals surface area contributed by atoms with E-state index in [0.29, 0.717) is 12.8 Å². The molecular weight excluding hydrogens is 204 g/mol. The molecule has 4 N–H and O–H groups in total. The van der Waals surface area contributed by atoms with Crippen molar-refractivity contribution in [3.8, 4) is 0 Å². The van der Waals surface area contributed by atoms with E-state index in [1.807, 2.05) is 27.7 Å². The van der Waals surface area contributed by atoms with Gasteiger partial charge in [-0.3, -0.25) is 4.79 Å². The van der Waals surface area contributed by atoms with E-state index in [2.05, 4.69) is 5.32 Å². The molecule has 0 aromatic carbocycles. The monoisotopic (exact) mass is 230 g/mol. The van der Waals surface area contributed by atoms with E-state index in [4.69, 9.17) is 10.8 Å². The Hall–Kier alpha value is -0.610. The van der Waals surface area contributed by atoms with Gasteiger partial charge in [-0.1, -0.05) is 27.7 Å². The summed E-state index contributed by atoms with van der Waals surface area (Å²) in [6.07, 6.45) is 1.14. The van der Waals surface area contributed by atoms with Crippen LogP contribution in [0.1, 0.15) is 47.5 Å². The van der Waals surface area contributed by atoms with Gasteiger partial charge in [-0.05, 0) is 25.2 Å². The molecule has 0 spiro atoms. The highest BCUT2D eigenvalue weighted by Crippen LogP contribution is 2.22. The van der Waals surface area contributed by atoms with Crippen molar-refractivity contribution in [1.29, 1.82) is 0 Å². The summed E-state index contributed by atoms with van der Waals surface area (Å²) >= 11 is 0. The van der Waals surface area contributed by atoms with Crippen LogP contribution in [-0.2, 0) is 4.79 Å². The molecule has 2 unspecified atom stereocenters. The number of carbonyl (C=O) groups excluding carboxylic acids is 1. The van der Waals surface area contributed by atoms with Gasteiger partial charge >= 0.3 is 0 Å². The molecule has 4 heteroatoms. The van der Waals surface area contributed by atoms with Crippen molar-refractivity contribution in [3.63, 3.8) is 0 Å². The number of hydrogen-bond acceptors (Lipinski definition) is 3. The number of nitrogens with one attached hydrogen (secondary N) is 1. The maximum atomic E-state index is 11.9. The molecule has 0 aliphatic rings. The summed E-state index contributed by atoms with van der Waals surface area (Å²) in [6.45, 7) is 9.78. The highest BCUT2D eigenvalue weighted by molar-refractivity contribution is 5.85. The molecule has 0 aliphatic heterocycles. The molecule has 16 heavy (non-hydrogen) atoms. The smallest absolute Gasteiger partial charge is 0.240 e. The number of nitrogens with two attached hydrogens (primary N) is 1. The van der Waals surface area contributed by atoms with Crippen LogP contribution in [0.5, 0.6) is 0 Å². The van der Waals surface area contributed by atoms with Crippen LogP contribution in [0.2, 0.25) is 0 Å². The Labute approximate surface area is 98.6 Å². The SMILES string of the molecule is CCC(C)(N)C(=O)NC(CCO)C(C)(C)C. The molecule has 0 saturated heterocycles. The summed E-state index contributed by atoms with van der Waals surface area (Å²) in [5.74, 6) is -0.150. The van der Waals surface area contributed by atoms with E-state index >= 15 is 0 Å². The second-order valence-corrected chi connectivity index (χ2v) is 5.68. The highest BCUT2D eigenvalue weighted by atomic mass is 16.3. The van der Waals surface area contributed by atoms with Gasteiger partial charge in [-0.2, -0.15) is 0 Å². The summed E-state index contributed by atoms with van der Waals surface area (Å²) in [7, 11) is 0. The van der Waals surface area contributed by atoms with Crippen LogP contribution in [0.3, 0.4) is 0 Å². The first-order valence-corrected chi connectivity index (χ1v) is 5.86. The molecule has 0 aromatic heterocycles. The first-order chi connectivity index (χ1) is 7.15.